The molecule has 3 heterocycles. The molecule has 2 saturated heterocycles. The number of nitrogens with zero attached hydrogens (tertiary/aromatic N) is 5. The normalized spacial score (nSPS) is 19.4. The number of nitrogens with one attached hydrogen (secondary N) is 2. The van der Waals surface area contributed by atoms with Crippen molar-refractivity contribution in [1.29, 1.82) is 0 Å². The van der Waals surface area contributed by atoms with Crippen molar-refractivity contribution in [2.45, 2.75) is 44.3 Å². The van der Waals surface area contributed by atoms with Crippen molar-refractivity contribution in [3.05, 3.63) is 53.6 Å². The molecule has 12 nitrogen and oxygen atoms in total. The lowest BCUT2D eigenvalue weighted by Crippen LogP contribution is -2.55. The summed E-state index contributed by atoms with van der Waals surface area (Å²) in [5.74, 6) is 0.273. The van der Waals surface area contributed by atoms with Gasteiger partial charge in [-0.3, -0.25) is 9.59 Å². The van der Waals surface area contributed by atoms with Crippen molar-refractivity contribution in [3.8, 4) is 5.75 Å². The molecule has 0 radical (unpaired) electrons. The van der Waals surface area contributed by atoms with Gasteiger partial charge in [-0.15, -0.1) is 5.10 Å². The number of aryl methyl sites for hydroxylation is 1. The first kappa shape index (κ1) is 28.3. The van der Waals surface area contributed by atoms with Crippen LogP contribution >= 0.6 is 0 Å². The average molecular weight is 563 g/mol. The van der Waals surface area contributed by atoms with E-state index >= 15 is 0 Å². The van der Waals surface area contributed by atoms with Crippen LogP contribution in [0.25, 0.3) is 11.0 Å². The minimum Gasteiger partial charge on any atom is -0.497 e. The summed E-state index contributed by atoms with van der Waals surface area (Å²) in [7, 11) is 3.45. The Morgan fingerprint density at radius 1 is 1.07 bits per heavy atom. The highest BCUT2D eigenvalue weighted by Gasteiger charge is 2.41. The van der Waals surface area contributed by atoms with E-state index in [1.165, 1.54) is 0 Å². The lowest BCUT2D eigenvalue weighted by molar-refractivity contribution is -0.139. The van der Waals surface area contributed by atoms with Crippen LogP contribution in [0.15, 0.2) is 42.5 Å². The fourth-order valence-electron chi connectivity index (χ4n) is 5.69. The number of methoxy groups -OCH3 is 1. The Bertz CT molecular complexity index is 1390. The number of fused-ring (bicyclic) bond motifs is 1. The van der Waals surface area contributed by atoms with E-state index in [1.54, 1.807) is 21.6 Å². The predicted molar refractivity (Wildman–Crippen MR) is 153 cm³/mol. The molecule has 0 saturated carbocycles. The minimum absolute atomic E-state index is 0.0142. The van der Waals surface area contributed by atoms with Gasteiger partial charge in [-0.25, -0.2) is 9.48 Å². The molecular formula is C29H38N8O4. The van der Waals surface area contributed by atoms with Crippen LogP contribution in [0.3, 0.4) is 0 Å². The SMILES string of the molecule is COc1ccc(CC2CC(C(=O)NCc3ccc4c(c3)nnn4C)N(C(=O)C(N)CNC(=O)N3CCCC3)C2)cc1. The van der Waals surface area contributed by atoms with Crippen LogP contribution in [0.1, 0.15) is 30.4 Å². The maximum atomic E-state index is 13.5. The number of aromatic nitrogens is 3. The number of hydrogen-bond acceptors (Lipinski definition) is 7. The van der Waals surface area contributed by atoms with Gasteiger partial charge in [-0.05, 0) is 67.0 Å². The Morgan fingerprint density at radius 2 is 1.80 bits per heavy atom. The number of rotatable bonds is 9. The zero-order valence-corrected chi connectivity index (χ0v) is 23.6. The minimum atomic E-state index is -0.948. The van der Waals surface area contributed by atoms with Crippen LogP contribution in [0.2, 0.25) is 0 Å². The third kappa shape index (κ3) is 6.59. The van der Waals surface area contributed by atoms with E-state index in [9.17, 15) is 14.4 Å². The fraction of sp³-hybridized carbons (Fsp3) is 0.483. The molecule has 3 atom stereocenters. The smallest absolute Gasteiger partial charge is 0.317 e. The maximum Gasteiger partial charge on any atom is 0.317 e. The molecule has 0 bridgehead atoms. The van der Waals surface area contributed by atoms with Crippen molar-refractivity contribution in [2.24, 2.45) is 18.7 Å². The highest BCUT2D eigenvalue weighted by molar-refractivity contribution is 5.91. The third-order valence-electron chi connectivity index (χ3n) is 7.98. The van der Waals surface area contributed by atoms with Crippen molar-refractivity contribution in [3.63, 3.8) is 0 Å². The number of benzene rings is 2. The summed E-state index contributed by atoms with van der Waals surface area (Å²) in [6.07, 6.45) is 3.18. The van der Waals surface area contributed by atoms with E-state index in [4.69, 9.17) is 10.5 Å². The summed E-state index contributed by atoms with van der Waals surface area (Å²) < 4.78 is 6.96. The largest absolute Gasteiger partial charge is 0.497 e. The lowest BCUT2D eigenvalue weighted by atomic mass is 9.96. The van der Waals surface area contributed by atoms with E-state index in [1.807, 2.05) is 49.5 Å². The van der Waals surface area contributed by atoms with Gasteiger partial charge in [-0.2, -0.15) is 0 Å². The molecule has 4 N–H and O–H groups in total. The van der Waals surface area contributed by atoms with Gasteiger partial charge >= 0.3 is 6.03 Å². The van der Waals surface area contributed by atoms with Crippen LogP contribution < -0.4 is 21.1 Å². The Labute approximate surface area is 239 Å². The predicted octanol–water partition coefficient (Wildman–Crippen LogP) is 1.19. The summed E-state index contributed by atoms with van der Waals surface area (Å²) in [4.78, 5) is 42.7. The Morgan fingerprint density at radius 3 is 2.54 bits per heavy atom. The van der Waals surface area contributed by atoms with E-state index in [-0.39, 0.29) is 30.3 Å². The average Bonchev–Trinajstić information content (AvgIpc) is 3.75. The first-order chi connectivity index (χ1) is 19.8. The first-order valence-electron chi connectivity index (χ1n) is 14.1. The molecule has 3 aromatic rings. The Balaban J connectivity index is 1.25. The molecule has 2 aliphatic heterocycles. The Hall–Kier alpha value is -4.19. The molecular weight excluding hydrogens is 524 g/mol. The van der Waals surface area contributed by atoms with Gasteiger partial charge in [0.05, 0.1) is 12.6 Å². The molecule has 218 valence electrons. The molecule has 0 aliphatic carbocycles. The van der Waals surface area contributed by atoms with Crippen molar-refractivity contribution < 1.29 is 19.1 Å². The van der Waals surface area contributed by atoms with Gasteiger partial charge in [0.2, 0.25) is 11.8 Å². The van der Waals surface area contributed by atoms with Crippen molar-refractivity contribution >= 4 is 28.9 Å². The summed E-state index contributed by atoms with van der Waals surface area (Å²) >= 11 is 0. The van der Waals surface area contributed by atoms with Gasteiger partial charge in [0, 0.05) is 39.8 Å². The number of ether oxygens (including phenoxy) is 1. The number of amides is 4. The number of hydrogen-bond donors (Lipinski definition) is 3. The summed E-state index contributed by atoms with van der Waals surface area (Å²) in [5.41, 5.74) is 9.91. The molecule has 4 amide bonds. The van der Waals surface area contributed by atoms with Gasteiger partial charge in [0.1, 0.15) is 23.3 Å². The van der Waals surface area contributed by atoms with Crippen LogP contribution in [0, 0.1) is 5.92 Å². The quantitative estimate of drug-likeness (QED) is 0.355. The van der Waals surface area contributed by atoms with Crippen molar-refractivity contribution in [1.82, 2.24) is 35.4 Å². The van der Waals surface area contributed by atoms with Gasteiger partial charge in [0.25, 0.3) is 0 Å². The second-order valence-corrected chi connectivity index (χ2v) is 10.9. The van der Waals surface area contributed by atoms with E-state index in [0.29, 0.717) is 39.0 Å². The first-order valence-corrected chi connectivity index (χ1v) is 14.1. The molecule has 1 aromatic heterocycles. The standard InChI is InChI=1S/C29H38N8O4/c1-35-25-10-7-20(14-24(25)33-34-35)16-31-27(38)26-15-21(13-19-5-8-22(41-2)9-6-19)18-37(26)28(39)23(30)17-32-29(40)36-11-3-4-12-36/h5-10,14,21,23,26H,3-4,11-13,15-18,30H2,1-2H3,(H,31,38)(H,32,40). The number of carbonyl (C=O) groups is 3. The molecule has 0 spiro atoms. The number of likely N-dealkylation sites (tertiary alicyclic amines) is 2. The number of nitrogens with two attached hydrogens (primary N) is 1. The monoisotopic (exact) mass is 562 g/mol. The molecule has 12 heteroatoms. The number of carbonyl (C=O) groups excluding carboxylic acids is 3. The van der Waals surface area contributed by atoms with Crippen LogP contribution in [0.5, 0.6) is 5.75 Å². The van der Waals surface area contributed by atoms with Crippen LogP contribution in [-0.4, -0.2) is 88.0 Å². The van der Waals surface area contributed by atoms with Gasteiger partial charge in [0.15, 0.2) is 0 Å². The summed E-state index contributed by atoms with van der Waals surface area (Å²) in [5, 5.41) is 14.0. The highest BCUT2D eigenvalue weighted by atomic mass is 16.5. The maximum absolute atomic E-state index is 13.5. The van der Waals surface area contributed by atoms with E-state index in [2.05, 4.69) is 20.9 Å². The number of urea groups is 1. The Kier molecular flexibility index (Phi) is 8.67. The van der Waals surface area contributed by atoms with Crippen LogP contribution in [-0.2, 0) is 29.6 Å². The lowest BCUT2D eigenvalue weighted by Gasteiger charge is -2.27. The third-order valence-corrected chi connectivity index (χ3v) is 7.98. The topological polar surface area (TPSA) is 148 Å². The van der Waals surface area contributed by atoms with E-state index in [0.717, 1.165) is 40.8 Å². The molecule has 2 fully saturated rings. The van der Waals surface area contributed by atoms with Gasteiger partial charge in [-0.1, -0.05) is 23.4 Å². The molecule has 5 rings (SSSR count). The summed E-state index contributed by atoms with van der Waals surface area (Å²) in [6, 6.07) is 11.7. The fourth-order valence-corrected chi connectivity index (χ4v) is 5.69. The molecule has 41 heavy (non-hydrogen) atoms. The zero-order chi connectivity index (χ0) is 28.9. The van der Waals surface area contributed by atoms with Gasteiger partial charge < -0.3 is 30.9 Å². The van der Waals surface area contributed by atoms with Crippen molar-refractivity contribution in [2.75, 3.05) is 33.3 Å². The summed E-state index contributed by atoms with van der Waals surface area (Å²) in [6.45, 7) is 2.13. The van der Waals surface area contributed by atoms with Crippen LogP contribution in [0.4, 0.5) is 4.79 Å². The zero-order valence-electron chi connectivity index (χ0n) is 23.6. The second kappa shape index (κ2) is 12.5. The molecule has 2 aliphatic rings. The molecule has 3 unspecified atom stereocenters. The second-order valence-electron chi connectivity index (χ2n) is 10.9. The van der Waals surface area contributed by atoms with E-state index < -0.39 is 12.1 Å². The molecule has 2 aromatic carbocycles. The highest BCUT2D eigenvalue weighted by Crippen LogP contribution is 2.28.